The van der Waals surface area contributed by atoms with Gasteiger partial charge < -0.3 is 9.47 Å². The molecular weight excluding hydrogens is 300 g/mol. The highest BCUT2D eigenvalue weighted by atomic mass is 16.5. The van der Waals surface area contributed by atoms with E-state index in [1.165, 1.54) is 30.9 Å². The van der Waals surface area contributed by atoms with E-state index in [4.69, 9.17) is 9.47 Å². The van der Waals surface area contributed by atoms with Crippen LogP contribution >= 0.6 is 0 Å². The molecule has 1 unspecified atom stereocenters. The average Bonchev–Trinajstić information content (AvgIpc) is 2.90. The molecule has 0 N–H and O–H groups in total. The molecule has 1 fully saturated rings. The Morgan fingerprint density at radius 2 is 2.08 bits per heavy atom. The minimum absolute atomic E-state index is 0.0572. The number of benzene rings is 1. The van der Waals surface area contributed by atoms with Crippen LogP contribution in [0.2, 0.25) is 0 Å². The predicted molar refractivity (Wildman–Crippen MR) is 93.1 cm³/mol. The Labute approximate surface area is 144 Å². The van der Waals surface area contributed by atoms with E-state index >= 15 is 0 Å². The van der Waals surface area contributed by atoms with E-state index in [0.717, 1.165) is 18.6 Å². The van der Waals surface area contributed by atoms with Gasteiger partial charge in [-0.05, 0) is 72.8 Å². The first-order valence-electron chi connectivity index (χ1n) is 9.05. The molecule has 0 spiro atoms. The molecule has 4 rings (SSSR count). The number of hydrogen-bond acceptors (Lipinski definition) is 3. The van der Waals surface area contributed by atoms with E-state index in [1.807, 2.05) is 0 Å². The van der Waals surface area contributed by atoms with Gasteiger partial charge in [0.1, 0.15) is 11.9 Å². The van der Waals surface area contributed by atoms with Gasteiger partial charge in [0.25, 0.3) is 0 Å². The predicted octanol–water partition coefficient (Wildman–Crippen LogP) is 4.26. The van der Waals surface area contributed by atoms with Crippen LogP contribution in [0.3, 0.4) is 0 Å². The van der Waals surface area contributed by atoms with Crippen molar-refractivity contribution >= 4 is 5.97 Å². The topological polar surface area (TPSA) is 35.5 Å². The van der Waals surface area contributed by atoms with Crippen molar-refractivity contribution < 1.29 is 14.3 Å². The first-order valence-corrected chi connectivity index (χ1v) is 9.05. The molecule has 0 bridgehead atoms. The monoisotopic (exact) mass is 326 g/mol. The molecule has 5 atom stereocenters. The molecule has 1 aromatic carbocycles. The first-order chi connectivity index (χ1) is 11.5. The van der Waals surface area contributed by atoms with Gasteiger partial charge in [-0.3, -0.25) is 4.79 Å². The number of allylic oxidation sites excluding steroid dienone is 1. The number of ether oxygens (including phenoxy) is 2. The van der Waals surface area contributed by atoms with Crippen LogP contribution in [0.25, 0.3) is 0 Å². The third-order valence-electron chi connectivity index (χ3n) is 6.67. The fourth-order valence-corrected chi connectivity index (χ4v) is 5.45. The summed E-state index contributed by atoms with van der Waals surface area (Å²) in [6.07, 6.45) is 9.02. The highest BCUT2D eigenvalue weighted by molar-refractivity contribution is 5.66. The molecule has 0 saturated heterocycles. The maximum atomic E-state index is 11.5. The van der Waals surface area contributed by atoms with Crippen LogP contribution in [0.5, 0.6) is 5.75 Å². The molecule has 128 valence electrons. The lowest BCUT2D eigenvalue weighted by atomic mass is 9.55. The van der Waals surface area contributed by atoms with Gasteiger partial charge in [-0.1, -0.05) is 19.1 Å². The van der Waals surface area contributed by atoms with Crippen molar-refractivity contribution in [1.29, 1.82) is 0 Å². The van der Waals surface area contributed by atoms with E-state index in [2.05, 4.69) is 37.3 Å². The molecule has 0 aromatic heterocycles. The van der Waals surface area contributed by atoms with Gasteiger partial charge in [0, 0.05) is 12.3 Å². The van der Waals surface area contributed by atoms with Gasteiger partial charge in [-0.15, -0.1) is 0 Å². The molecular formula is C21H26O3. The number of carbonyl (C=O) groups is 1. The second-order valence-corrected chi connectivity index (χ2v) is 7.86. The highest BCUT2D eigenvalue weighted by Gasteiger charge is 2.53. The molecule has 3 heteroatoms. The fraction of sp³-hybridized carbons (Fsp3) is 0.571. The minimum Gasteiger partial charge on any atom is -0.497 e. The largest absolute Gasteiger partial charge is 0.497 e. The van der Waals surface area contributed by atoms with Gasteiger partial charge >= 0.3 is 5.97 Å². The number of esters is 1. The first kappa shape index (κ1) is 15.7. The van der Waals surface area contributed by atoms with Gasteiger partial charge in [-0.25, -0.2) is 0 Å². The Balaban J connectivity index is 1.63. The standard InChI is InChI=1S/C21H26O3/c1-13(22)24-20-9-8-19-18-6-4-14-12-15(23-3)5-7-16(14)17(18)10-11-21(19,20)2/h5,7-9,12,17-20H,4,6,10-11H2,1-3H3/t17-,18-,19+,20?,21+/m1/s1. The van der Waals surface area contributed by atoms with Crippen molar-refractivity contribution in [3.8, 4) is 5.75 Å². The summed E-state index contributed by atoms with van der Waals surface area (Å²) in [7, 11) is 1.73. The summed E-state index contributed by atoms with van der Waals surface area (Å²) in [5, 5.41) is 0. The maximum Gasteiger partial charge on any atom is 0.303 e. The van der Waals surface area contributed by atoms with Crippen LogP contribution < -0.4 is 4.74 Å². The molecule has 0 radical (unpaired) electrons. The molecule has 1 saturated carbocycles. The zero-order valence-electron chi connectivity index (χ0n) is 14.7. The molecule has 0 amide bonds. The van der Waals surface area contributed by atoms with E-state index in [1.54, 1.807) is 7.11 Å². The number of methoxy groups -OCH3 is 1. The summed E-state index contributed by atoms with van der Waals surface area (Å²) in [5.74, 6) is 2.58. The van der Waals surface area contributed by atoms with Crippen molar-refractivity contribution in [2.24, 2.45) is 17.3 Å². The zero-order chi connectivity index (χ0) is 16.9. The lowest BCUT2D eigenvalue weighted by Gasteiger charge is -2.50. The Bertz CT molecular complexity index is 692. The third-order valence-corrected chi connectivity index (χ3v) is 6.67. The van der Waals surface area contributed by atoms with E-state index in [-0.39, 0.29) is 17.5 Å². The van der Waals surface area contributed by atoms with Crippen LogP contribution in [-0.4, -0.2) is 19.2 Å². The van der Waals surface area contributed by atoms with Gasteiger partial charge in [0.05, 0.1) is 7.11 Å². The fourth-order valence-electron chi connectivity index (χ4n) is 5.45. The van der Waals surface area contributed by atoms with Gasteiger partial charge in [0.15, 0.2) is 0 Å². The van der Waals surface area contributed by atoms with Crippen molar-refractivity contribution in [3.63, 3.8) is 0 Å². The smallest absolute Gasteiger partial charge is 0.303 e. The van der Waals surface area contributed by atoms with Crippen molar-refractivity contribution in [2.75, 3.05) is 7.11 Å². The van der Waals surface area contributed by atoms with Gasteiger partial charge in [0.2, 0.25) is 0 Å². The minimum atomic E-state index is -0.172. The normalized spacial score (nSPS) is 36.5. The highest BCUT2D eigenvalue weighted by Crippen LogP contribution is 2.59. The summed E-state index contributed by atoms with van der Waals surface area (Å²) in [5.41, 5.74) is 3.03. The summed E-state index contributed by atoms with van der Waals surface area (Å²) in [4.78, 5) is 11.5. The Morgan fingerprint density at radius 1 is 1.25 bits per heavy atom. The van der Waals surface area contributed by atoms with Crippen LogP contribution in [0.15, 0.2) is 30.4 Å². The lowest BCUT2D eigenvalue weighted by molar-refractivity contribution is -0.152. The number of hydrogen-bond donors (Lipinski definition) is 0. The Kier molecular flexibility index (Phi) is 3.70. The molecule has 1 aromatic rings. The molecule has 3 aliphatic carbocycles. The van der Waals surface area contributed by atoms with Crippen molar-refractivity contribution in [1.82, 2.24) is 0 Å². The van der Waals surface area contributed by atoms with Crippen LogP contribution in [-0.2, 0) is 16.0 Å². The summed E-state index contributed by atoms with van der Waals surface area (Å²) in [6, 6.07) is 6.59. The number of fused-ring (bicyclic) bond motifs is 5. The van der Waals surface area contributed by atoms with E-state index < -0.39 is 0 Å². The number of rotatable bonds is 2. The summed E-state index contributed by atoms with van der Waals surface area (Å²) in [6.45, 7) is 3.82. The third kappa shape index (κ3) is 2.28. The molecule has 24 heavy (non-hydrogen) atoms. The quantitative estimate of drug-likeness (QED) is 0.602. The van der Waals surface area contributed by atoms with Crippen LogP contribution in [0.4, 0.5) is 0 Å². The Morgan fingerprint density at radius 3 is 2.83 bits per heavy atom. The van der Waals surface area contributed by atoms with E-state index in [0.29, 0.717) is 17.8 Å². The van der Waals surface area contributed by atoms with Crippen LogP contribution in [0.1, 0.15) is 50.2 Å². The summed E-state index contributed by atoms with van der Waals surface area (Å²) < 4.78 is 11.0. The SMILES string of the molecule is COc1ccc2c(c1)CC[C@@H]1[C@@H]2CC[C@]2(C)C(OC(C)=O)C=C[C@@H]12. The summed E-state index contributed by atoms with van der Waals surface area (Å²) >= 11 is 0. The zero-order valence-corrected chi connectivity index (χ0v) is 14.7. The molecule has 0 aliphatic heterocycles. The molecule has 3 nitrogen and oxygen atoms in total. The molecule has 3 aliphatic rings. The number of aryl methyl sites for hydroxylation is 1. The lowest BCUT2D eigenvalue weighted by Crippen LogP contribution is -2.45. The molecule has 0 heterocycles. The second-order valence-electron chi connectivity index (χ2n) is 7.86. The average molecular weight is 326 g/mol. The van der Waals surface area contributed by atoms with Crippen LogP contribution in [0, 0.1) is 17.3 Å². The maximum absolute atomic E-state index is 11.5. The number of carbonyl (C=O) groups excluding carboxylic acids is 1. The van der Waals surface area contributed by atoms with Gasteiger partial charge in [-0.2, -0.15) is 0 Å². The van der Waals surface area contributed by atoms with Crippen molar-refractivity contribution in [2.45, 2.75) is 51.6 Å². The Hall–Kier alpha value is -1.77. The van der Waals surface area contributed by atoms with Crippen molar-refractivity contribution in [3.05, 3.63) is 41.5 Å². The second kappa shape index (κ2) is 5.65. The van der Waals surface area contributed by atoms with E-state index in [9.17, 15) is 4.79 Å².